The second-order valence-corrected chi connectivity index (χ2v) is 4.48. The molecule has 0 aromatic rings. The number of carbonyl (C=O) groups excluding carboxylic acids is 2. The summed E-state index contributed by atoms with van der Waals surface area (Å²) in [6.45, 7) is 1.19. The monoisotopic (exact) mass is 352 g/mol. The summed E-state index contributed by atoms with van der Waals surface area (Å²) in [5.41, 5.74) is 29.4. The lowest BCUT2D eigenvalue weighted by Crippen LogP contribution is -2.31. The Morgan fingerprint density at radius 3 is 1.08 bits per heavy atom. The highest BCUT2D eigenvalue weighted by Gasteiger charge is 2.12. The molecular formula is C12H28N6O6. The number of nitrogens with two attached hydrogens (primary N) is 6. The second-order valence-electron chi connectivity index (χ2n) is 4.48. The summed E-state index contributed by atoms with van der Waals surface area (Å²) in [5.74, 6) is -3.28. The molecule has 142 valence electrons. The summed E-state index contributed by atoms with van der Waals surface area (Å²) in [5, 5.41) is 16.4. The SMILES string of the molecule is NC(=O)CC[C@H](N)C(=O)O.NC(=O)CC[C@H](N)C(=O)O.NCCN. The third-order valence-electron chi connectivity index (χ3n) is 2.20. The lowest BCUT2D eigenvalue weighted by atomic mass is 10.2. The van der Waals surface area contributed by atoms with Crippen molar-refractivity contribution in [1.82, 2.24) is 0 Å². The number of carboxylic acid groups (broad SMARTS) is 2. The average Bonchev–Trinajstić information content (AvgIpc) is 2.50. The maximum Gasteiger partial charge on any atom is 0.320 e. The van der Waals surface area contributed by atoms with Gasteiger partial charge in [0, 0.05) is 25.9 Å². The summed E-state index contributed by atoms with van der Waals surface area (Å²) in [6, 6.07) is -1.96. The molecule has 2 amide bonds. The minimum Gasteiger partial charge on any atom is -0.480 e. The molecule has 14 N–H and O–H groups in total. The van der Waals surface area contributed by atoms with Crippen LogP contribution in [0.2, 0.25) is 0 Å². The van der Waals surface area contributed by atoms with Gasteiger partial charge < -0.3 is 44.6 Å². The molecule has 0 bridgehead atoms. The number of hydrogen-bond acceptors (Lipinski definition) is 8. The quantitative estimate of drug-likeness (QED) is 0.200. The normalized spacial score (nSPS) is 11.7. The number of rotatable bonds is 9. The third kappa shape index (κ3) is 24.7. The van der Waals surface area contributed by atoms with Crippen molar-refractivity contribution in [3.63, 3.8) is 0 Å². The summed E-state index contributed by atoms with van der Waals surface area (Å²) >= 11 is 0. The molecule has 2 atom stereocenters. The molecule has 0 aliphatic heterocycles. The third-order valence-corrected chi connectivity index (χ3v) is 2.20. The highest BCUT2D eigenvalue weighted by atomic mass is 16.4. The molecule has 12 heteroatoms. The summed E-state index contributed by atoms with van der Waals surface area (Å²) in [6.07, 6.45) is 0.246. The average molecular weight is 352 g/mol. The van der Waals surface area contributed by atoms with Crippen molar-refractivity contribution in [1.29, 1.82) is 0 Å². The van der Waals surface area contributed by atoms with Crippen LogP contribution in [-0.4, -0.2) is 59.1 Å². The van der Waals surface area contributed by atoms with Gasteiger partial charge in [0.25, 0.3) is 0 Å². The van der Waals surface area contributed by atoms with E-state index in [1.807, 2.05) is 0 Å². The van der Waals surface area contributed by atoms with Crippen LogP contribution >= 0.6 is 0 Å². The van der Waals surface area contributed by atoms with Crippen molar-refractivity contribution >= 4 is 23.8 Å². The van der Waals surface area contributed by atoms with Gasteiger partial charge in [-0.25, -0.2) is 0 Å². The predicted molar refractivity (Wildman–Crippen MR) is 86.2 cm³/mol. The summed E-state index contributed by atoms with van der Waals surface area (Å²) < 4.78 is 0. The summed E-state index contributed by atoms with van der Waals surface area (Å²) in [7, 11) is 0. The predicted octanol–water partition coefficient (Wildman–Crippen LogP) is -3.77. The van der Waals surface area contributed by atoms with Gasteiger partial charge in [-0.05, 0) is 12.8 Å². The Balaban J connectivity index is -0.000000301. The van der Waals surface area contributed by atoms with Crippen LogP contribution in [0.3, 0.4) is 0 Å². The maximum atomic E-state index is 10.1. The molecule has 0 heterocycles. The van der Waals surface area contributed by atoms with E-state index >= 15 is 0 Å². The zero-order valence-electron chi connectivity index (χ0n) is 13.4. The number of aliphatic carboxylic acids is 2. The van der Waals surface area contributed by atoms with Crippen LogP contribution in [0.5, 0.6) is 0 Å². The van der Waals surface area contributed by atoms with Gasteiger partial charge in [-0.1, -0.05) is 0 Å². The number of primary amides is 2. The molecular weight excluding hydrogens is 324 g/mol. The minimum atomic E-state index is -1.11. The first kappa shape index (κ1) is 26.6. The fraction of sp³-hybridized carbons (Fsp3) is 0.667. The van der Waals surface area contributed by atoms with E-state index in [9.17, 15) is 19.2 Å². The van der Waals surface area contributed by atoms with E-state index in [1.54, 1.807) is 0 Å². The van der Waals surface area contributed by atoms with Crippen LogP contribution in [0.25, 0.3) is 0 Å². The smallest absolute Gasteiger partial charge is 0.320 e. The van der Waals surface area contributed by atoms with Gasteiger partial charge in [0.05, 0.1) is 0 Å². The van der Waals surface area contributed by atoms with Crippen LogP contribution < -0.4 is 34.4 Å². The van der Waals surface area contributed by atoms with Crippen LogP contribution in [-0.2, 0) is 19.2 Å². The van der Waals surface area contributed by atoms with E-state index in [1.165, 1.54) is 0 Å². The van der Waals surface area contributed by atoms with Crippen molar-refractivity contribution in [3.05, 3.63) is 0 Å². The molecule has 0 saturated carbocycles. The summed E-state index contributed by atoms with van der Waals surface area (Å²) in [4.78, 5) is 40.3. The molecule has 0 aliphatic rings. The van der Waals surface area contributed by atoms with Crippen molar-refractivity contribution in [2.45, 2.75) is 37.8 Å². The fourth-order valence-corrected chi connectivity index (χ4v) is 0.842. The van der Waals surface area contributed by atoms with Crippen molar-refractivity contribution < 1.29 is 29.4 Å². The molecule has 0 aliphatic carbocycles. The Hall–Kier alpha value is -2.28. The number of amides is 2. The van der Waals surface area contributed by atoms with Gasteiger partial charge in [0.1, 0.15) is 12.1 Å². The molecule has 0 rings (SSSR count). The van der Waals surface area contributed by atoms with Crippen LogP contribution in [0.1, 0.15) is 25.7 Å². The Labute approximate surface area is 139 Å². The standard InChI is InChI=1S/2C5H10N2O3.C2H8N2/c2*6-3(5(9)10)1-2-4(7)8;3-1-2-4/h2*3H,1-2,6H2,(H2,7,8)(H,9,10);1-4H2/t2*3-;/m00./s1. The topological polar surface area (TPSA) is 265 Å². The van der Waals surface area contributed by atoms with Crippen molar-refractivity contribution in [3.8, 4) is 0 Å². The lowest BCUT2D eigenvalue weighted by molar-refractivity contribution is -0.139. The second kappa shape index (κ2) is 17.1. The van der Waals surface area contributed by atoms with E-state index < -0.39 is 35.8 Å². The maximum absolute atomic E-state index is 10.1. The zero-order chi connectivity index (χ0) is 19.7. The van der Waals surface area contributed by atoms with Gasteiger partial charge in [-0.2, -0.15) is 0 Å². The van der Waals surface area contributed by atoms with Gasteiger partial charge in [-0.15, -0.1) is 0 Å². The largest absolute Gasteiger partial charge is 0.480 e. The molecule has 0 unspecified atom stereocenters. The number of hydrogen-bond donors (Lipinski definition) is 8. The molecule has 0 aromatic heterocycles. The van der Waals surface area contributed by atoms with E-state index in [4.69, 9.17) is 44.6 Å². The van der Waals surface area contributed by atoms with Crippen molar-refractivity contribution in [2.75, 3.05) is 13.1 Å². The van der Waals surface area contributed by atoms with Crippen LogP contribution in [0.15, 0.2) is 0 Å². The van der Waals surface area contributed by atoms with E-state index in [-0.39, 0.29) is 25.7 Å². The van der Waals surface area contributed by atoms with Gasteiger partial charge in [0.2, 0.25) is 11.8 Å². The molecule has 0 radical (unpaired) electrons. The van der Waals surface area contributed by atoms with Gasteiger partial charge in [0.15, 0.2) is 0 Å². The number of carboxylic acids is 2. The van der Waals surface area contributed by atoms with Gasteiger partial charge >= 0.3 is 11.9 Å². The van der Waals surface area contributed by atoms with Crippen LogP contribution in [0, 0.1) is 0 Å². The molecule has 12 nitrogen and oxygen atoms in total. The highest BCUT2D eigenvalue weighted by molar-refractivity contribution is 5.77. The molecule has 24 heavy (non-hydrogen) atoms. The Bertz CT molecular complexity index is 356. The lowest BCUT2D eigenvalue weighted by Gasteiger charge is -2.01. The highest BCUT2D eigenvalue weighted by Crippen LogP contribution is 1.93. The number of carbonyl (C=O) groups is 4. The van der Waals surface area contributed by atoms with E-state index in [2.05, 4.69) is 0 Å². The first-order valence-electron chi connectivity index (χ1n) is 6.93. The Morgan fingerprint density at radius 2 is 0.958 bits per heavy atom. The van der Waals surface area contributed by atoms with Gasteiger partial charge in [-0.3, -0.25) is 19.2 Å². The Morgan fingerprint density at radius 1 is 0.708 bits per heavy atom. The Kier molecular flexibility index (Phi) is 18.9. The zero-order valence-corrected chi connectivity index (χ0v) is 13.4. The van der Waals surface area contributed by atoms with E-state index in [0.29, 0.717) is 13.1 Å². The molecule has 0 fully saturated rings. The van der Waals surface area contributed by atoms with E-state index in [0.717, 1.165) is 0 Å². The van der Waals surface area contributed by atoms with Crippen molar-refractivity contribution in [2.24, 2.45) is 34.4 Å². The first-order chi connectivity index (χ1) is 11.0. The molecule has 0 spiro atoms. The molecule has 0 saturated heterocycles. The van der Waals surface area contributed by atoms with Crippen LogP contribution in [0.4, 0.5) is 0 Å². The minimum absolute atomic E-state index is 0.0213. The molecule has 0 aromatic carbocycles. The first-order valence-corrected chi connectivity index (χ1v) is 6.93. The fourth-order valence-electron chi connectivity index (χ4n) is 0.842.